The number of ketones is 1. The lowest BCUT2D eigenvalue weighted by atomic mass is 10.3. The fourth-order valence-electron chi connectivity index (χ4n) is 1.27. The average Bonchev–Trinajstić information content (AvgIpc) is 2.65. The van der Waals surface area contributed by atoms with Gasteiger partial charge in [-0.3, -0.25) is 4.79 Å². The zero-order valence-corrected chi connectivity index (χ0v) is 16.8. The Labute approximate surface area is 149 Å². The van der Waals surface area contributed by atoms with Crippen molar-refractivity contribution in [3.05, 3.63) is 0 Å². The Morgan fingerprint density at radius 3 is 1.54 bits per heavy atom. The monoisotopic (exact) mass is 351 g/mol. The third-order valence-electron chi connectivity index (χ3n) is 2.45. The third kappa shape index (κ3) is 29.5. The van der Waals surface area contributed by atoms with Gasteiger partial charge in [0.2, 0.25) is 0 Å². The van der Waals surface area contributed by atoms with Crippen LogP contribution in [0.4, 0.5) is 0 Å². The van der Waals surface area contributed by atoms with Crippen LogP contribution in [0, 0.1) is 0 Å². The zero-order chi connectivity index (χ0) is 18.9. The molecular formula is C18H41NO5. The van der Waals surface area contributed by atoms with E-state index >= 15 is 0 Å². The molecule has 0 atom stereocenters. The SMILES string of the molecule is CC.CC.CCNCCOCCOCCOCCOCC(=O)CC. The standard InChI is InChI=1S/C14H29NO5.2C2H6/c1-3-14(16)13-20-12-11-19-10-9-18-8-7-17-6-5-15-4-2;2*1-2/h15H,3-13H2,1-2H3;2*1-2H3. The fourth-order valence-corrected chi connectivity index (χ4v) is 1.27. The average molecular weight is 352 g/mol. The molecule has 0 fully saturated rings. The van der Waals surface area contributed by atoms with Crippen molar-refractivity contribution in [2.75, 3.05) is 65.9 Å². The van der Waals surface area contributed by atoms with Crippen molar-refractivity contribution in [2.45, 2.75) is 48.0 Å². The third-order valence-corrected chi connectivity index (χ3v) is 2.45. The topological polar surface area (TPSA) is 66.0 Å². The van der Waals surface area contributed by atoms with Gasteiger partial charge in [-0.25, -0.2) is 0 Å². The molecule has 0 bridgehead atoms. The summed E-state index contributed by atoms with van der Waals surface area (Å²) in [5, 5.41) is 3.18. The number of Topliss-reactive ketones (excluding diaryl/α,β-unsaturated/α-hetero) is 1. The van der Waals surface area contributed by atoms with Crippen LogP contribution in [0.15, 0.2) is 0 Å². The summed E-state index contributed by atoms with van der Waals surface area (Å²) in [4.78, 5) is 10.9. The van der Waals surface area contributed by atoms with Crippen LogP contribution in [0.5, 0.6) is 0 Å². The van der Waals surface area contributed by atoms with Crippen LogP contribution in [0.25, 0.3) is 0 Å². The summed E-state index contributed by atoms with van der Waals surface area (Å²) < 4.78 is 21.1. The minimum atomic E-state index is 0.113. The Morgan fingerprint density at radius 1 is 0.708 bits per heavy atom. The van der Waals surface area contributed by atoms with Crippen molar-refractivity contribution in [1.29, 1.82) is 0 Å². The van der Waals surface area contributed by atoms with Crippen LogP contribution >= 0.6 is 0 Å². The molecule has 6 heteroatoms. The maximum atomic E-state index is 10.9. The second-order valence-electron chi connectivity index (χ2n) is 4.14. The van der Waals surface area contributed by atoms with Gasteiger partial charge in [0.25, 0.3) is 0 Å². The van der Waals surface area contributed by atoms with Gasteiger partial charge in [-0.05, 0) is 6.54 Å². The molecule has 0 aliphatic rings. The lowest BCUT2D eigenvalue weighted by Gasteiger charge is -2.07. The minimum Gasteiger partial charge on any atom is -0.378 e. The molecular weight excluding hydrogens is 310 g/mol. The van der Waals surface area contributed by atoms with E-state index in [2.05, 4.69) is 12.2 Å². The van der Waals surface area contributed by atoms with Crippen LogP contribution in [0.2, 0.25) is 0 Å². The van der Waals surface area contributed by atoms with Gasteiger partial charge in [0, 0.05) is 13.0 Å². The van der Waals surface area contributed by atoms with Crippen LogP contribution in [-0.4, -0.2) is 71.7 Å². The molecule has 0 aliphatic heterocycles. The summed E-state index contributed by atoms with van der Waals surface area (Å²) >= 11 is 0. The van der Waals surface area contributed by atoms with Gasteiger partial charge in [0.15, 0.2) is 5.78 Å². The number of ether oxygens (including phenoxy) is 4. The lowest BCUT2D eigenvalue weighted by Crippen LogP contribution is -2.20. The van der Waals surface area contributed by atoms with E-state index in [0.29, 0.717) is 52.7 Å². The highest BCUT2D eigenvalue weighted by molar-refractivity contribution is 5.79. The molecule has 0 radical (unpaired) electrons. The van der Waals surface area contributed by atoms with Crippen LogP contribution in [0.1, 0.15) is 48.0 Å². The molecule has 1 N–H and O–H groups in total. The van der Waals surface area contributed by atoms with E-state index in [-0.39, 0.29) is 12.4 Å². The van der Waals surface area contributed by atoms with Gasteiger partial charge in [-0.15, -0.1) is 0 Å². The lowest BCUT2D eigenvalue weighted by molar-refractivity contribution is -0.123. The maximum Gasteiger partial charge on any atom is 0.158 e. The first-order chi connectivity index (χ1) is 11.8. The van der Waals surface area contributed by atoms with Crippen molar-refractivity contribution in [3.8, 4) is 0 Å². The molecule has 0 aliphatic carbocycles. The Bertz CT molecular complexity index is 216. The number of nitrogens with one attached hydrogen (secondary N) is 1. The summed E-state index contributed by atoms with van der Waals surface area (Å²) in [5.41, 5.74) is 0. The number of rotatable bonds is 16. The van der Waals surface area contributed by atoms with E-state index in [1.54, 1.807) is 0 Å². The van der Waals surface area contributed by atoms with Crippen molar-refractivity contribution in [2.24, 2.45) is 0 Å². The second kappa shape index (κ2) is 30.4. The predicted molar refractivity (Wildman–Crippen MR) is 99.8 cm³/mol. The van der Waals surface area contributed by atoms with Gasteiger partial charge in [-0.2, -0.15) is 0 Å². The summed E-state index contributed by atoms with van der Waals surface area (Å²) in [6.45, 7) is 17.8. The van der Waals surface area contributed by atoms with Crippen LogP contribution < -0.4 is 5.32 Å². The predicted octanol–water partition coefficient (Wildman–Crippen LogP) is 2.69. The van der Waals surface area contributed by atoms with Crippen LogP contribution in [0.3, 0.4) is 0 Å². The van der Waals surface area contributed by atoms with Gasteiger partial charge in [-0.1, -0.05) is 41.5 Å². The Hall–Kier alpha value is -0.530. The first-order valence-electron chi connectivity index (χ1n) is 9.34. The first kappa shape index (κ1) is 28.3. The van der Waals surface area contributed by atoms with E-state index in [0.717, 1.165) is 13.1 Å². The van der Waals surface area contributed by atoms with Gasteiger partial charge in [0.05, 0.1) is 46.2 Å². The maximum absolute atomic E-state index is 10.9. The Morgan fingerprint density at radius 2 is 1.12 bits per heavy atom. The molecule has 148 valence electrons. The normalized spacial score (nSPS) is 9.58. The van der Waals surface area contributed by atoms with Crippen molar-refractivity contribution < 1.29 is 23.7 Å². The number of likely N-dealkylation sites (N-methyl/N-ethyl adjacent to an activating group) is 1. The number of carbonyl (C=O) groups excluding carboxylic acids is 1. The molecule has 0 aromatic carbocycles. The van der Waals surface area contributed by atoms with E-state index in [9.17, 15) is 4.79 Å². The van der Waals surface area contributed by atoms with E-state index < -0.39 is 0 Å². The molecule has 0 aromatic rings. The van der Waals surface area contributed by atoms with Crippen molar-refractivity contribution in [1.82, 2.24) is 5.32 Å². The smallest absolute Gasteiger partial charge is 0.158 e. The molecule has 0 spiro atoms. The van der Waals surface area contributed by atoms with Crippen molar-refractivity contribution in [3.63, 3.8) is 0 Å². The molecule has 24 heavy (non-hydrogen) atoms. The highest BCUT2D eigenvalue weighted by atomic mass is 16.6. The summed E-state index contributed by atoms with van der Waals surface area (Å²) in [6, 6.07) is 0. The summed E-state index contributed by atoms with van der Waals surface area (Å²) in [6.07, 6.45) is 0.519. The van der Waals surface area contributed by atoms with E-state index in [1.165, 1.54) is 0 Å². The van der Waals surface area contributed by atoms with E-state index in [1.807, 2.05) is 34.6 Å². The zero-order valence-electron chi connectivity index (χ0n) is 16.8. The Balaban J connectivity index is -0.00000102. The fraction of sp³-hybridized carbons (Fsp3) is 0.944. The molecule has 0 unspecified atom stereocenters. The largest absolute Gasteiger partial charge is 0.378 e. The minimum absolute atomic E-state index is 0.113. The highest BCUT2D eigenvalue weighted by Crippen LogP contribution is 1.85. The molecule has 0 amide bonds. The van der Waals surface area contributed by atoms with Crippen molar-refractivity contribution >= 4 is 5.78 Å². The first-order valence-corrected chi connectivity index (χ1v) is 9.34. The molecule has 0 rings (SSSR count). The number of hydrogen-bond donors (Lipinski definition) is 1. The number of hydrogen-bond acceptors (Lipinski definition) is 6. The molecule has 0 saturated carbocycles. The highest BCUT2D eigenvalue weighted by Gasteiger charge is 1.97. The second-order valence-corrected chi connectivity index (χ2v) is 4.14. The summed E-state index contributed by atoms with van der Waals surface area (Å²) in [5.74, 6) is 0.113. The Kier molecular flexibility index (Phi) is 35.8. The quantitative estimate of drug-likeness (QED) is 0.431. The number of carbonyl (C=O) groups is 1. The molecule has 0 saturated heterocycles. The van der Waals surface area contributed by atoms with E-state index in [4.69, 9.17) is 18.9 Å². The molecule has 0 aromatic heterocycles. The van der Waals surface area contributed by atoms with Gasteiger partial charge < -0.3 is 24.3 Å². The van der Waals surface area contributed by atoms with Crippen LogP contribution in [-0.2, 0) is 23.7 Å². The molecule has 0 heterocycles. The van der Waals surface area contributed by atoms with Gasteiger partial charge >= 0.3 is 0 Å². The summed E-state index contributed by atoms with van der Waals surface area (Å²) in [7, 11) is 0. The molecule has 6 nitrogen and oxygen atoms in total. The van der Waals surface area contributed by atoms with Gasteiger partial charge in [0.1, 0.15) is 6.61 Å².